The van der Waals surface area contributed by atoms with E-state index in [1.807, 2.05) is 19.0 Å². The maximum Gasteiger partial charge on any atom is 0.331 e. The lowest BCUT2D eigenvalue weighted by atomic mass is 9.96. The van der Waals surface area contributed by atoms with E-state index < -0.39 is 17.9 Å². The molecule has 16 heavy (non-hydrogen) atoms. The lowest BCUT2D eigenvalue weighted by Gasteiger charge is -2.15. The molecule has 1 atom stereocenters. The fraction of sp³-hybridized carbons (Fsp3) is 0.455. The summed E-state index contributed by atoms with van der Waals surface area (Å²) in [6.45, 7) is 4.12. The molecule has 0 aromatic carbocycles. The molecule has 90 valence electrons. The van der Waals surface area contributed by atoms with Crippen molar-refractivity contribution in [3.05, 3.63) is 24.3 Å². The average molecular weight is 227 g/mol. The molecule has 5 heteroatoms. The summed E-state index contributed by atoms with van der Waals surface area (Å²) in [5.74, 6) is -2.64. The molecule has 0 heterocycles. The lowest BCUT2D eigenvalue weighted by molar-refractivity contribution is -0.133. The van der Waals surface area contributed by atoms with Crippen molar-refractivity contribution in [1.29, 1.82) is 0 Å². The monoisotopic (exact) mass is 227 g/mol. The Hall–Kier alpha value is -1.62. The Morgan fingerprint density at radius 2 is 1.94 bits per heavy atom. The Kier molecular flexibility index (Phi) is 6.10. The summed E-state index contributed by atoms with van der Waals surface area (Å²) in [4.78, 5) is 23.0. The summed E-state index contributed by atoms with van der Waals surface area (Å²) < 4.78 is 0. The van der Waals surface area contributed by atoms with Crippen LogP contribution in [0.5, 0.6) is 0 Å². The molecule has 0 bridgehead atoms. The predicted octanol–water partition coefficient (Wildman–Crippen LogP) is 0.836. The third-order valence-electron chi connectivity index (χ3n) is 2.08. The first-order valence-electron chi connectivity index (χ1n) is 4.82. The number of rotatable bonds is 7. The topological polar surface area (TPSA) is 77.8 Å². The molecular formula is C11H17NO4. The van der Waals surface area contributed by atoms with Crippen molar-refractivity contribution < 1.29 is 19.8 Å². The Balaban J connectivity index is 4.56. The second-order valence-corrected chi connectivity index (χ2v) is 3.73. The summed E-state index contributed by atoms with van der Waals surface area (Å²) in [6.07, 6.45) is 2.85. The van der Waals surface area contributed by atoms with E-state index in [2.05, 4.69) is 6.58 Å². The van der Waals surface area contributed by atoms with Crippen LogP contribution >= 0.6 is 0 Å². The van der Waals surface area contributed by atoms with Crippen LogP contribution in [0.25, 0.3) is 0 Å². The first kappa shape index (κ1) is 14.4. The van der Waals surface area contributed by atoms with E-state index in [4.69, 9.17) is 10.2 Å². The van der Waals surface area contributed by atoms with Crippen molar-refractivity contribution in [2.45, 2.75) is 6.42 Å². The maximum atomic E-state index is 10.7. The largest absolute Gasteiger partial charge is 0.478 e. The molecule has 0 fully saturated rings. The molecule has 0 aromatic heterocycles. The number of nitrogens with zero attached hydrogens (tertiary/aromatic N) is 1. The van der Waals surface area contributed by atoms with E-state index in [1.165, 1.54) is 6.08 Å². The molecule has 0 radical (unpaired) electrons. The summed E-state index contributed by atoms with van der Waals surface area (Å²) in [7, 11) is 3.73. The summed E-state index contributed by atoms with van der Waals surface area (Å²) in [6, 6.07) is 0. The van der Waals surface area contributed by atoms with E-state index in [0.29, 0.717) is 13.0 Å². The molecule has 5 nitrogen and oxygen atoms in total. The van der Waals surface area contributed by atoms with Gasteiger partial charge in [-0.25, -0.2) is 9.59 Å². The summed E-state index contributed by atoms with van der Waals surface area (Å²) in [5, 5.41) is 17.3. The molecule has 1 unspecified atom stereocenters. The van der Waals surface area contributed by atoms with Gasteiger partial charge in [0.15, 0.2) is 0 Å². The number of carboxylic acid groups (broad SMARTS) is 2. The third kappa shape index (κ3) is 5.98. The fourth-order valence-corrected chi connectivity index (χ4v) is 1.14. The normalized spacial score (nSPS) is 12.9. The molecule has 0 aliphatic heterocycles. The van der Waals surface area contributed by atoms with Gasteiger partial charge in [-0.3, -0.25) is 0 Å². The van der Waals surface area contributed by atoms with Gasteiger partial charge in [-0.2, -0.15) is 0 Å². The van der Waals surface area contributed by atoms with Crippen LogP contribution < -0.4 is 0 Å². The first-order valence-corrected chi connectivity index (χ1v) is 4.82. The molecule has 0 saturated heterocycles. The molecule has 0 spiro atoms. The van der Waals surface area contributed by atoms with Gasteiger partial charge in [0, 0.05) is 17.6 Å². The Bertz CT molecular complexity index is 307. The SMILES string of the molecule is C=C(C(=O)O)C(C=CC(=O)O)CCN(C)C. The van der Waals surface area contributed by atoms with Crippen LogP contribution in [0, 0.1) is 5.92 Å². The molecule has 0 saturated carbocycles. The van der Waals surface area contributed by atoms with E-state index >= 15 is 0 Å². The molecular weight excluding hydrogens is 210 g/mol. The van der Waals surface area contributed by atoms with Crippen LogP contribution in [0.15, 0.2) is 24.3 Å². The van der Waals surface area contributed by atoms with Crippen molar-refractivity contribution in [2.75, 3.05) is 20.6 Å². The number of aliphatic carboxylic acids is 2. The highest BCUT2D eigenvalue weighted by Crippen LogP contribution is 2.16. The van der Waals surface area contributed by atoms with E-state index in [1.54, 1.807) is 0 Å². The summed E-state index contributed by atoms with van der Waals surface area (Å²) >= 11 is 0. The van der Waals surface area contributed by atoms with Crippen LogP contribution in [0.4, 0.5) is 0 Å². The van der Waals surface area contributed by atoms with Gasteiger partial charge in [0.1, 0.15) is 0 Å². The quantitative estimate of drug-likeness (QED) is 0.630. The third-order valence-corrected chi connectivity index (χ3v) is 2.08. The van der Waals surface area contributed by atoms with Gasteiger partial charge in [0.2, 0.25) is 0 Å². The lowest BCUT2D eigenvalue weighted by Crippen LogP contribution is -2.19. The van der Waals surface area contributed by atoms with Crippen molar-refractivity contribution >= 4 is 11.9 Å². The maximum absolute atomic E-state index is 10.7. The zero-order valence-electron chi connectivity index (χ0n) is 9.51. The predicted molar refractivity (Wildman–Crippen MR) is 60.2 cm³/mol. The Labute approximate surface area is 94.7 Å². The van der Waals surface area contributed by atoms with Gasteiger partial charge in [-0.15, -0.1) is 0 Å². The minimum atomic E-state index is -1.10. The minimum absolute atomic E-state index is 0.0133. The van der Waals surface area contributed by atoms with Gasteiger partial charge < -0.3 is 15.1 Å². The van der Waals surface area contributed by atoms with E-state index in [0.717, 1.165) is 6.08 Å². The van der Waals surface area contributed by atoms with Gasteiger partial charge >= 0.3 is 11.9 Å². The smallest absolute Gasteiger partial charge is 0.331 e. The van der Waals surface area contributed by atoms with Crippen LogP contribution in [0.3, 0.4) is 0 Å². The highest BCUT2D eigenvalue weighted by molar-refractivity contribution is 5.87. The molecule has 0 aliphatic carbocycles. The summed E-state index contributed by atoms with van der Waals surface area (Å²) in [5.41, 5.74) is 0.0133. The van der Waals surface area contributed by atoms with Crippen LogP contribution in [-0.4, -0.2) is 47.7 Å². The number of carbonyl (C=O) groups is 2. The number of allylic oxidation sites excluding steroid dienone is 1. The Morgan fingerprint density at radius 1 is 1.38 bits per heavy atom. The van der Waals surface area contributed by atoms with Crippen LogP contribution in [-0.2, 0) is 9.59 Å². The number of hydrogen-bond acceptors (Lipinski definition) is 3. The van der Waals surface area contributed by atoms with Gasteiger partial charge in [0.05, 0.1) is 0 Å². The average Bonchev–Trinajstić information content (AvgIpc) is 2.16. The highest BCUT2D eigenvalue weighted by atomic mass is 16.4. The van der Waals surface area contributed by atoms with Crippen molar-refractivity contribution in [3.63, 3.8) is 0 Å². The number of hydrogen-bond donors (Lipinski definition) is 2. The molecule has 2 N–H and O–H groups in total. The van der Waals surface area contributed by atoms with Crippen LogP contribution in [0.2, 0.25) is 0 Å². The van der Waals surface area contributed by atoms with Crippen molar-refractivity contribution in [1.82, 2.24) is 4.90 Å². The zero-order chi connectivity index (χ0) is 12.7. The standard InChI is InChI=1S/C11H17NO4/c1-8(11(15)16)9(4-5-10(13)14)6-7-12(2)3/h4-5,9H,1,6-7H2,2-3H3,(H,13,14)(H,15,16). The number of carboxylic acids is 2. The fourth-order valence-electron chi connectivity index (χ4n) is 1.14. The highest BCUT2D eigenvalue weighted by Gasteiger charge is 2.16. The van der Waals surface area contributed by atoms with Crippen molar-refractivity contribution in [3.8, 4) is 0 Å². The van der Waals surface area contributed by atoms with Crippen LogP contribution in [0.1, 0.15) is 6.42 Å². The van der Waals surface area contributed by atoms with Gasteiger partial charge in [-0.1, -0.05) is 12.7 Å². The molecule has 0 aliphatic rings. The minimum Gasteiger partial charge on any atom is -0.478 e. The zero-order valence-corrected chi connectivity index (χ0v) is 9.51. The second-order valence-electron chi connectivity index (χ2n) is 3.73. The van der Waals surface area contributed by atoms with E-state index in [9.17, 15) is 9.59 Å². The van der Waals surface area contributed by atoms with E-state index in [-0.39, 0.29) is 5.57 Å². The second kappa shape index (κ2) is 6.79. The Morgan fingerprint density at radius 3 is 2.31 bits per heavy atom. The van der Waals surface area contributed by atoms with Gasteiger partial charge in [-0.05, 0) is 27.1 Å². The van der Waals surface area contributed by atoms with Gasteiger partial charge in [0.25, 0.3) is 0 Å². The molecule has 0 aromatic rings. The molecule has 0 rings (SSSR count). The first-order chi connectivity index (χ1) is 7.34. The van der Waals surface area contributed by atoms with Crippen molar-refractivity contribution in [2.24, 2.45) is 5.92 Å². The molecule has 0 amide bonds.